The van der Waals surface area contributed by atoms with Crippen LogP contribution in [0, 0.1) is 18.7 Å². The molecular weight excluding hydrogens is 445 g/mol. The number of carbonyl (C=O) groups is 1. The third-order valence-corrected chi connectivity index (χ3v) is 6.30. The smallest absolute Gasteiger partial charge is 0.233 e. The maximum Gasteiger partial charge on any atom is 0.233 e. The van der Waals surface area contributed by atoms with Crippen molar-refractivity contribution in [3.8, 4) is 0 Å². The standard InChI is InChI=1S/C25H23BrFNO2/c1-16-15-18(26)9-12-21(16)24-22(25(30)28(24)20-5-3-2-4-6-20)13-14-23(29)17-7-10-19(27)11-8-17/h2-12,15,22-24,29H,13-14H2,1H3/t22-,23?,24-/m1/s1. The Bertz CT molecular complexity index is 1040. The van der Waals surface area contributed by atoms with Gasteiger partial charge in [0.1, 0.15) is 5.82 Å². The summed E-state index contributed by atoms with van der Waals surface area (Å²) in [5, 5.41) is 10.5. The SMILES string of the molecule is Cc1cc(Br)ccc1[C@@H]1[C@@H](CCC(O)c2ccc(F)cc2)C(=O)N1c1ccccc1. The van der Waals surface area contributed by atoms with Crippen LogP contribution in [0.2, 0.25) is 0 Å². The molecule has 3 atom stereocenters. The van der Waals surface area contributed by atoms with Gasteiger partial charge in [-0.2, -0.15) is 0 Å². The second-order valence-electron chi connectivity index (χ2n) is 7.74. The number of aryl methyl sites for hydroxylation is 1. The van der Waals surface area contributed by atoms with Gasteiger partial charge in [0.25, 0.3) is 0 Å². The summed E-state index contributed by atoms with van der Waals surface area (Å²) in [6, 6.07) is 21.6. The zero-order chi connectivity index (χ0) is 21.3. The molecule has 1 N–H and O–H groups in total. The van der Waals surface area contributed by atoms with Crippen molar-refractivity contribution in [2.24, 2.45) is 5.92 Å². The van der Waals surface area contributed by atoms with Gasteiger partial charge in [0, 0.05) is 10.2 Å². The number of benzene rings is 3. The van der Waals surface area contributed by atoms with Crippen LogP contribution < -0.4 is 4.90 Å². The lowest BCUT2D eigenvalue weighted by Crippen LogP contribution is -2.55. The highest BCUT2D eigenvalue weighted by Crippen LogP contribution is 2.47. The first-order valence-electron chi connectivity index (χ1n) is 10.0. The molecule has 1 amide bonds. The molecule has 0 aromatic heterocycles. The maximum absolute atomic E-state index is 13.2. The summed E-state index contributed by atoms with van der Waals surface area (Å²) >= 11 is 3.51. The number of aliphatic hydroxyl groups excluding tert-OH is 1. The van der Waals surface area contributed by atoms with Gasteiger partial charge in [0.15, 0.2) is 0 Å². The number of aliphatic hydroxyl groups is 1. The Morgan fingerprint density at radius 1 is 1.07 bits per heavy atom. The van der Waals surface area contributed by atoms with Gasteiger partial charge in [0.2, 0.25) is 5.91 Å². The van der Waals surface area contributed by atoms with Crippen molar-refractivity contribution >= 4 is 27.5 Å². The van der Waals surface area contributed by atoms with Crippen molar-refractivity contribution in [3.05, 3.63) is 99.8 Å². The van der Waals surface area contributed by atoms with E-state index >= 15 is 0 Å². The highest BCUT2D eigenvalue weighted by molar-refractivity contribution is 9.10. The van der Waals surface area contributed by atoms with Crippen molar-refractivity contribution in [2.45, 2.75) is 31.9 Å². The molecule has 1 aliphatic heterocycles. The van der Waals surface area contributed by atoms with E-state index in [1.165, 1.54) is 12.1 Å². The molecule has 154 valence electrons. The lowest BCUT2D eigenvalue weighted by molar-refractivity contribution is -0.131. The summed E-state index contributed by atoms with van der Waals surface area (Å²) in [4.78, 5) is 15.0. The first-order valence-corrected chi connectivity index (χ1v) is 10.8. The van der Waals surface area contributed by atoms with Crippen LogP contribution in [0.25, 0.3) is 0 Å². The van der Waals surface area contributed by atoms with Gasteiger partial charge in [-0.15, -0.1) is 0 Å². The fourth-order valence-corrected chi connectivity index (χ4v) is 4.70. The van der Waals surface area contributed by atoms with Crippen molar-refractivity contribution in [1.82, 2.24) is 0 Å². The lowest BCUT2D eigenvalue weighted by Gasteiger charge is -2.48. The van der Waals surface area contributed by atoms with Crippen molar-refractivity contribution in [1.29, 1.82) is 0 Å². The van der Waals surface area contributed by atoms with Crippen LogP contribution in [0.3, 0.4) is 0 Å². The molecule has 30 heavy (non-hydrogen) atoms. The monoisotopic (exact) mass is 467 g/mol. The molecule has 0 spiro atoms. The molecule has 4 rings (SSSR count). The van der Waals surface area contributed by atoms with Crippen LogP contribution >= 0.6 is 15.9 Å². The van der Waals surface area contributed by atoms with E-state index in [-0.39, 0.29) is 23.7 Å². The number of rotatable bonds is 6. The minimum absolute atomic E-state index is 0.0693. The van der Waals surface area contributed by atoms with Gasteiger partial charge < -0.3 is 10.0 Å². The average Bonchev–Trinajstić information content (AvgIpc) is 2.74. The molecule has 1 saturated heterocycles. The Labute approximate surface area is 184 Å². The van der Waals surface area contributed by atoms with Crippen LogP contribution in [0.4, 0.5) is 10.1 Å². The van der Waals surface area contributed by atoms with E-state index in [0.29, 0.717) is 18.4 Å². The first-order chi connectivity index (χ1) is 14.5. The van der Waals surface area contributed by atoms with Gasteiger partial charge in [-0.05, 0) is 72.9 Å². The Morgan fingerprint density at radius 2 is 1.77 bits per heavy atom. The van der Waals surface area contributed by atoms with Crippen LogP contribution in [0.1, 0.15) is 41.7 Å². The van der Waals surface area contributed by atoms with Crippen molar-refractivity contribution < 1.29 is 14.3 Å². The number of carbonyl (C=O) groups excluding carboxylic acids is 1. The van der Waals surface area contributed by atoms with Gasteiger partial charge in [-0.1, -0.05) is 52.3 Å². The summed E-state index contributed by atoms with van der Waals surface area (Å²) in [6.45, 7) is 2.05. The number of nitrogens with zero attached hydrogens (tertiary/aromatic N) is 1. The molecule has 5 heteroatoms. The summed E-state index contributed by atoms with van der Waals surface area (Å²) in [7, 11) is 0. The lowest BCUT2D eigenvalue weighted by atomic mass is 9.77. The molecule has 3 nitrogen and oxygen atoms in total. The third-order valence-electron chi connectivity index (χ3n) is 5.80. The molecule has 0 bridgehead atoms. The van der Waals surface area contributed by atoms with E-state index in [4.69, 9.17) is 0 Å². The molecule has 1 unspecified atom stereocenters. The second kappa shape index (κ2) is 8.70. The van der Waals surface area contributed by atoms with Crippen molar-refractivity contribution in [3.63, 3.8) is 0 Å². The van der Waals surface area contributed by atoms with E-state index in [1.54, 1.807) is 12.1 Å². The normalized spacial score (nSPS) is 19.5. The highest BCUT2D eigenvalue weighted by atomic mass is 79.9. The molecule has 0 saturated carbocycles. The Morgan fingerprint density at radius 3 is 2.43 bits per heavy atom. The number of β-lactam (4-membered cyclic amide) rings is 1. The largest absolute Gasteiger partial charge is 0.388 e. The van der Waals surface area contributed by atoms with E-state index in [2.05, 4.69) is 35.0 Å². The van der Waals surface area contributed by atoms with Gasteiger partial charge in [-0.25, -0.2) is 4.39 Å². The molecule has 1 fully saturated rings. The van der Waals surface area contributed by atoms with Crippen LogP contribution in [0.5, 0.6) is 0 Å². The average molecular weight is 468 g/mol. The zero-order valence-corrected chi connectivity index (χ0v) is 18.2. The maximum atomic E-state index is 13.2. The van der Waals surface area contributed by atoms with Crippen LogP contribution in [-0.4, -0.2) is 11.0 Å². The predicted octanol–water partition coefficient (Wildman–Crippen LogP) is 6.11. The first kappa shape index (κ1) is 20.8. The molecule has 3 aromatic rings. The van der Waals surface area contributed by atoms with E-state index < -0.39 is 6.10 Å². The van der Waals surface area contributed by atoms with Crippen LogP contribution in [-0.2, 0) is 4.79 Å². The van der Waals surface area contributed by atoms with Gasteiger partial charge in [-0.3, -0.25) is 4.79 Å². The molecular formula is C25H23BrFNO2. The van der Waals surface area contributed by atoms with E-state index in [9.17, 15) is 14.3 Å². The Hall–Kier alpha value is -2.50. The number of hydrogen-bond donors (Lipinski definition) is 1. The summed E-state index contributed by atoms with van der Waals surface area (Å²) in [6.07, 6.45) is 0.272. The summed E-state index contributed by atoms with van der Waals surface area (Å²) < 4.78 is 14.2. The highest BCUT2D eigenvalue weighted by Gasteiger charge is 2.48. The van der Waals surface area contributed by atoms with Crippen molar-refractivity contribution in [2.75, 3.05) is 4.90 Å². The van der Waals surface area contributed by atoms with Crippen LogP contribution in [0.15, 0.2) is 77.3 Å². The topological polar surface area (TPSA) is 40.5 Å². The molecule has 0 aliphatic carbocycles. The van der Waals surface area contributed by atoms with Gasteiger partial charge >= 0.3 is 0 Å². The molecule has 0 radical (unpaired) electrons. The molecule has 3 aromatic carbocycles. The van der Waals surface area contributed by atoms with E-state index in [0.717, 1.165) is 21.3 Å². The quantitative estimate of drug-likeness (QED) is 0.443. The number of halogens is 2. The minimum Gasteiger partial charge on any atom is -0.388 e. The third kappa shape index (κ3) is 4.05. The predicted molar refractivity (Wildman–Crippen MR) is 120 cm³/mol. The summed E-state index contributed by atoms with van der Waals surface area (Å²) in [5.41, 5.74) is 3.78. The minimum atomic E-state index is -0.726. The fraction of sp³-hybridized carbons (Fsp3) is 0.240. The molecule has 1 aliphatic rings. The number of anilines is 1. The zero-order valence-electron chi connectivity index (χ0n) is 16.6. The number of para-hydroxylation sites is 1. The Kier molecular flexibility index (Phi) is 6.02. The van der Waals surface area contributed by atoms with E-state index in [1.807, 2.05) is 41.3 Å². The van der Waals surface area contributed by atoms with Gasteiger partial charge in [0.05, 0.1) is 18.1 Å². The number of hydrogen-bond acceptors (Lipinski definition) is 2. The molecule has 1 heterocycles. The second-order valence-corrected chi connectivity index (χ2v) is 8.66. The fourth-order valence-electron chi connectivity index (χ4n) is 4.22. The number of amides is 1. The Balaban J connectivity index is 1.58. The summed E-state index contributed by atoms with van der Waals surface area (Å²) in [5.74, 6) is -0.468.